The molecule has 1 saturated heterocycles. The molecule has 0 aromatic heterocycles. The second-order valence-corrected chi connectivity index (χ2v) is 6.00. The van der Waals surface area contributed by atoms with Crippen molar-refractivity contribution in [2.45, 2.75) is 6.42 Å². The highest BCUT2D eigenvalue weighted by molar-refractivity contribution is 7.91. The molecule has 0 unspecified atom stereocenters. The van der Waals surface area contributed by atoms with E-state index >= 15 is 0 Å². The van der Waals surface area contributed by atoms with E-state index in [-0.39, 0.29) is 41.9 Å². The molecule has 1 aliphatic heterocycles. The molecule has 0 saturated carbocycles. The Morgan fingerprint density at radius 1 is 1.36 bits per heavy atom. The first kappa shape index (κ1) is 11.4. The lowest BCUT2D eigenvalue weighted by Gasteiger charge is -2.26. The predicted octanol–water partition coefficient (Wildman–Crippen LogP) is -1.08. The van der Waals surface area contributed by atoms with Crippen LogP contribution < -0.4 is 5.73 Å². The molecule has 0 radical (unpaired) electrons. The van der Waals surface area contributed by atoms with Gasteiger partial charge in [0.25, 0.3) is 0 Å². The van der Waals surface area contributed by atoms with Crippen molar-refractivity contribution in [3.8, 4) is 0 Å². The van der Waals surface area contributed by atoms with Gasteiger partial charge in [-0.3, -0.25) is 4.79 Å². The Morgan fingerprint density at radius 3 is 2.29 bits per heavy atom. The Kier molecular flexibility index (Phi) is 3.43. The summed E-state index contributed by atoms with van der Waals surface area (Å²) < 4.78 is 22.1. The molecule has 0 bridgehead atoms. The monoisotopic (exact) mass is 236 g/mol. The van der Waals surface area contributed by atoms with Gasteiger partial charge in [0.2, 0.25) is 5.91 Å². The zero-order valence-corrected chi connectivity index (χ0v) is 9.23. The van der Waals surface area contributed by atoms with Crippen molar-refractivity contribution < 1.29 is 13.2 Å². The minimum absolute atomic E-state index is 0.0232. The molecule has 0 spiro atoms. The maximum absolute atomic E-state index is 11.4. The molecule has 14 heavy (non-hydrogen) atoms. The largest absolute Gasteiger partial charge is 0.393 e. The standard InChI is InChI=1S/C7H12N2O3S2/c8-6(13)5-7(10)9-1-3-14(11,12)4-2-9/h1-5H2,(H2,8,13). The summed E-state index contributed by atoms with van der Waals surface area (Å²) >= 11 is 4.60. The maximum atomic E-state index is 11.4. The van der Waals surface area contributed by atoms with Gasteiger partial charge in [-0.25, -0.2) is 8.42 Å². The third-order valence-electron chi connectivity index (χ3n) is 2.02. The van der Waals surface area contributed by atoms with Crippen LogP contribution in [-0.4, -0.2) is 48.8 Å². The van der Waals surface area contributed by atoms with E-state index in [1.807, 2.05) is 0 Å². The number of carbonyl (C=O) groups is 1. The fourth-order valence-electron chi connectivity index (χ4n) is 1.22. The first-order valence-electron chi connectivity index (χ1n) is 4.17. The molecule has 0 atom stereocenters. The average Bonchev–Trinajstić information content (AvgIpc) is 2.02. The van der Waals surface area contributed by atoms with Gasteiger partial charge in [-0.1, -0.05) is 12.2 Å². The molecule has 0 aliphatic carbocycles. The topological polar surface area (TPSA) is 80.5 Å². The number of hydrogen-bond donors (Lipinski definition) is 1. The minimum atomic E-state index is -2.94. The molecule has 5 nitrogen and oxygen atoms in total. The zero-order valence-electron chi connectivity index (χ0n) is 7.60. The van der Waals surface area contributed by atoms with Crippen LogP contribution in [0.25, 0.3) is 0 Å². The Bertz CT molecular complexity index is 336. The molecule has 2 N–H and O–H groups in total. The predicted molar refractivity (Wildman–Crippen MR) is 56.6 cm³/mol. The highest BCUT2D eigenvalue weighted by Gasteiger charge is 2.24. The van der Waals surface area contributed by atoms with Gasteiger partial charge in [-0.15, -0.1) is 0 Å². The Hall–Kier alpha value is -0.690. The Morgan fingerprint density at radius 2 is 1.86 bits per heavy atom. The molecule has 0 aromatic carbocycles. The van der Waals surface area contributed by atoms with Crippen LogP contribution in [0.4, 0.5) is 0 Å². The molecular formula is C7H12N2O3S2. The van der Waals surface area contributed by atoms with E-state index in [1.165, 1.54) is 4.90 Å². The summed E-state index contributed by atoms with van der Waals surface area (Å²) in [6.45, 7) is 0.507. The van der Waals surface area contributed by atoms with Gasteiger partial charge in [0.05, 0.1) is 22.9 Å². The van der Waals surface area contributed by atoms with Crippen LogP contribution >= 0.6 is 12.2 Å². The van der Waals surface area contributed by atoms with E-state index in [0.717, 1.165) is 0 Å². The first-order valence-corrected chi connectivity index (χ1v) is 6.40. The fraction of sp³-hybridized carbons (Fsp3) is 0.714. The van der Waals surface area contributed by atoms with Crippen molar-refractivity contribution in [3.05, 3.63) is 0 Å². The van der Waals surface area contributed by atoms with E-state index in [0.29, 0.717) is 0 Å². The molecule has 1 rings (SSSR count). The molecule has 1 heterocycles. The number of thiocarbonyl (C=S) groups is 1. The molecule has 1 aliphatic rings. The first-order chi connectivity index (χ1) is 6.41. The van der Waals surface area contributed by atoms with Gasteiger partial charge in [0, 0.05) is 13.1 Å². The molecule has 7 heteroatoms. The van der Waals surface area contributed by atoms with E-state index in [2.05, 4.69) is 12.2 Å². The Balaban J connectivity index is 2.50. The van der Waals surface area contributed by atoms with Gasteiger partial charge in [0.15, 0.2) is 9.84 Å². The van der Waals surface area contributed by atoms with Gasteiger partial charge in [-0.2, -0.15) is 0 Å². The third-order valence-corrected chi connectivity index (χ3v) is 3.78. The quantitative estimate of drug-likeness (QED) is 0.617. The molecule has 1 amide bonds. The second-order valence-electron chi connectivity index (χ2n) is 3.18. The van der Waals surface area contributed by atoms with Crippen LogP contribution in [0.2, 0.25) is 0 Å². The average molecular weight is 236 g/mol. The van der Waals surface area contributed by atoms with Crippen molar-refractivity contribution >= 4 is 33.0 Å². The van der Waals surface area contributed by atoms with Crippen molar-refractivity contribution in [3.63, 3.8) is 0 Å². The van der Waals surface area contributed by atoms with Gasteiger partial charge < -0.3 is 10.6 Å². The molecule has 1 fully saturated rings. The van der Waals surface area contributed by atoms with Crippen molar-refractivity contribution in [2.75, 3.05) is 24.6 Å². The van der Waals surface area contributed by atoms with E-state index < -0.39 is 9.84 Å². The van der Waals surface area contributed by atoms with E-state index in [9.17, 15) is 13.2 Å². The van der Waals surface area contributed by atoms with Crippen molar-refractivity contribution in [1.82, 2.24) is 4.90 Å². The third kappa shape index (κ3) is 3.22. The summed E-state index contributed by atoms with van der Waals surface area (Å²) in [5.74, 6) is -0.112. The van der Waals surface area contributed by atoms with Gasteiger partial charge in [-0.05, 0) is 0 Å². The molecular weight excluding hydrogens is 224 g/mol. The van der Waals surface area contributed by atoms with Crippen LogP contribution in [0.3, 0.4) is 0 Å². The normalized spacial score (nSPS) is 20.4. The smallest absolute Gasteiger partial charge is 0.229 e. The summed E-state index contributed by atoms with van der Waals surface area (Å²) in [6.07, 6.45) is 0.0232. The second kappa shape index (κ2) is 4.22. The number of rotatable bonds is 2. The lowest BCUT2D eigenvalue weighted by molar-refractivity contribution is -0.129. The Labute approximate surface area is 88.2 Å². The fourth-order valence-corrected chi connectivity index (χ4v) is 2.55. The van der Waals surface area contributed by atoms with Crippen LogP contribution in [0.1, 0.15) is 6.42 Å². The minimum Gasteiger partial charge on any atom is -0.393 e. The highest BCUT2D eigenvalue weighted by atomic mass is 32.2. The number of sulfone groups is 1. The molecule has 0 aromatic rings. The van der Waals surface area contributed by atoms with Gasteiger partial charge >= 0.3 is 0 Å². The summed E-state index contributed by atoms with van der Waals surface area (Å²) in [7, 11) is -2.94. The van der Waals surface area contributed by atoms with Crippen LogP contribution in [-0.2, 0) is 14.6 Å². The van der Waals surface area contributed by atoms with Crippen LogP contribution in [0, 0.1) is 0 Å². The van der Waals surface area contributed by atoms with Crippen molar-refractivity contribution in [1.29, 1.82) is 0 Å². The molecule has 80 valence electrons. The summed E-state index contributed by atoms with van der Waals surface area (Å²) in [6, 6.07) is 0. The van der Waals surface area contributed by atoms with Crippen LogP contribution in [0.5, 0.6) is 0 Å². The lowest BCUT2D eigenvalue weighted by Crippen LogP contribution is -2.44. The highest BCUT2D eigenvalue weighted by Crippen LogP contribution is 2.05. The van der Waals surface area contributed by atoms with Crippen LogP contribution in [0.15, 0.2) is 0 Å². The summed E-state index contributed by atoms with van der Waals surface area (Å²) in [5.41, 5.74) is 5.22. The number of amides is 1. The van der Waals surface area contributed by atoms with Crippen molar-refractivity contribution in [2.24, 2.45) is 5.73 Å². The number of hydrogen-bond acceptors (Lipinski definition) is 4. The van der Waals surface area contributed by atoms with E-state index in [1.54, 1.807) is 0 Å². The number of nitrogens with zero attached hydrogens (tertiary/aromatic N) is 1. The lowest BCUT2D eigenvalue weighted by atomic mass is 10.3. The summed E-state index contributed by atoms with van der Waals surface area (Å²) in [4.78, 5) is 13.0. The summed E-state index contributed by atoms with van der Waals surface area (Å²) in [5, 5.41) is 0. The SMILES string of the molecule is NC(=S)CC(=O)N1CCS(=O)(=O)CC1. The van der Waals surface area contributed by atoms with Gasteiger partial charge in [0.1, 0.15) is 0 Å². The van der Waals surface area contributed by atoms with E-state index in [4.69, 9.17) is 5.73 Å². The number of carbonyl (C=O) groups excluding carboxylic acids is 1. The zero-order chi connectivity index (χ0) is 10.8. The number of nitrogens with two attached hydrogens (primary N) is 1. The maximum Gasteiger partial charge on any atom is 0.229 e.